The lowest BCUT2D eigenvalue weighted by Gasteiger charge is -2.39. The minimum Gasteiger partial charge on any atom is -0.378 e. The molecule has 2 aromatic carbocycles. The van der Waals surface area contributed by atoms with Gasteiger partial charge in [0.05, 0.1) is 19.3 Å². The molecule has 4 rings (SSSR count). The second-order valence-electron chi connectivity index (χ2n) is 8.45. The average molecular weight is 437 g/mol. The number of anilines is 1. The maximum atomic E-state index is 12.8. The van der Waals surface area contributed by atoms with Gasteiger partial charge in [-0.2, -0.15) is 0 Å². The van der Waals surface area contributed by atoms with Crippen LogP contribution in [0.2, 0.25) is 0 Å². The second kappa shape index (κ2) is 10.7. The third-order valence-corrected chi connectivity index (χ3v) is 6.26. The smallest absolute Gasteiger partial charge is 0.255 e. The Bertz CT molecular complexity index is 906. The van der Waals surface area contributed by atoms with Crippen molar-refractivity contribution in [3.8, 4) is 0 Å². The van der Waals surface area contributed by atoms with E-state index in [0.29, 0.717) is 31.9 Å². The molecule has 0 aliphatic carbocycles. The maximum absolute atomic E-state index is 12.8. The second-order valence-corrected chi connectivity index (χ2v) is 8.45. The quantitative estimate of drug-likeness (QED) is 0.753. The van der Waals surface area contributed by atoms with Crippen molar-refractivity contribution < 1.29 is 14.3 Å². The van der Waals surface area contributed by atoms with Gasteiger partial charge < -0.3 is 15.0 Å². The summed E-state index contributed by atoms with van der Waals surface area (Å²) in [5.41, 5.74) is 2.58. The predicted molar refractivity (Wildman–Crippen MR) is 125 cm³/mol. The molecule has 170 valence electrons. The van der Waals surface area contributed by atoms with E-state index < -0.39 is 0 Å². The summed E-state index contributed by atoms with van der Waals surface area (Å²) in [6.07, 6.45) is 0. The van der Waals surface area contributed by atoms with Gasteiger partial charge in [0.2, 0.25) is 5.91 Å². The number of benzene rings is 2. The standard InChI is InChI=1S/C25H32N4O3/c1-20(25(31)29-14-16-32-17-15-29)28-12-10-27(11-13-28)19-21-6-5-7-22(18-21)24(30)26-23-8-3-2-4-9-23/h2-9,18,20H,10-17,19H2,1H3,(H,26,30). The lowest BCUT2D eigenvalue weighted by atomic mass is 10.1. The molecule has 0 saturated carbocycles. The van der Waals surface area contributed by atoms with Gasteiger partial charge in [-0.25, -0.2) is 0 Å². The minimum atomic E-state index is -0.0988. The SMILES string of the molecule is CC(C(=O)N1CCOCC1)N1CCN(Cc2cccc(C(=O)Nc3ccccc3)c2)CC1. The van der Waals surface area contributed by atoms with Gasteiger partial charge in [0.15, 0.2) is 0 Å². The van der Waals surface area contributed by atoms with Gasteiger partial charge in [-0.1, -0.05) is 30.3 Å². The summed E-state index contributed by atoms with van der Waals surface area (Å²) in [5, 5.41) is 2.94. The summed E-state index contributed by atoms with van der Waals surface area (Å²) in [4.78, 5) is 32.0. The highest BCUT2D eigenvalue weighted by molar-refractivity contribution is 6.04. The van der Waals surface area contributed by atoms with E-state index >= 15 is 0 Å². The highest BCUT2D eigenvalue weighted by Gasteiger charge is 2.29. The lowest BCUT2D eigenvalue weighted by molar-refractivity contribution is -0.141. The minimum absolute atomic E-state index is 0.0970. The molecule has 2 aromatic rings. The fraction of sp³-hybridized carbons (Fsp3) is 0.440. The molecule has 2 amide bonds. The fourth-order valence-electron chi connectivity index (χ4n) is 4.31. The number of nitrogens with one attached hydrogen (secondary N) is 1. The van der Waals surface area contributed by atoms with Crippen molar-refractivity contribution in [2.75, 3.05) is 57.8 Å². The topological polar surface area (TPSA) is 65.1 Å². The van der Waals surface area contributed by atoms with Crippen molar-refractivity contribution in [2.45, 2.75) is 19.5 Å². The first kappa shape index (κ1) is 22.5. The lowest BCUT2D eigenvalue weighted by Crippen LogP contribution is -2.55. The summed E-state index contributed by atoms with van der Waals surface area (Å²) < 4.78 is 5.36. The summed E-state index contributed by atoms with van der Waals surface area (Å²) in [6.45, 7) is 9.01. The Hall–Kier alpha value is -2.74. The molecular weight excluding hydrogens is 404 g/mol. The van der Waals surface area contributed by atoms with Gasteiger partial charge in [-0.15, -0.1) is 0 Å². The zero-order valence-corrected chi connectivity index (χ0v) is 18.7. The fourth-order valence-corrected chi connectivity index (χ4v) is 4.31. The number of rotatable bonds is 6. The number of para-hydroxylation sites is 1. The van der Waals surface area contributed by atoms with Crippen LogP contribution in [-0.2, 0) is 16.1 Å². The van der Waals surface area contributed by atoms with E-state index in [1.165, 1.54) is 0 Å². The largest absolute Gasteiger partial charge is 0.378 e. The van der Waals surface area contributed by atoms with E-state index in [0.717, 1.165) is 44.0 Å². The average Bonchev–Trinajstić information content (AvgIpc) is 2.85. The number of hydrogen-bond acceptors (Lipinski definition) is 5. The first-order chi connectivity index (χ1) is 15.6. The molecule has 1 atom stereocenters. The molecule has 32 heavy (non-hydrogen) atoms. The van der Waals surface area contributed by atoms with Crippen LogP contribution in [0.3, 0.4) is 0 Å². The first-order valence-corrected chi connectivity index (χ1v) is 11.4. The van der Waals surface area contributed by atoms with E-state index in [-0.39, 0.29) is 17.9 Å². The Balaban J connectivity index is 1.28. The Labute approximate surface area is 189 Å². The van der Waals surface area contributed by atoms with Crippen LogP contribution in [0.5, 0.6) is 0 Å². The van der Waals surface area contributed by atoms with E-state index in [9.17, 15) is 9.59 Å². The van der Waals surface area contributed by atoms with Gasteiger partial charge in [-0.3, -0.25) is 19.4 Å². The van der Waals surface area contributed by atoms with Crippen molar-refractivity contribution >= 4 is 17.5 Å². The van der Waals surface area contributed by atoms with E-state index in [2.05, 4.69) is 21.2 Å². The van der Waals surface area contributed by atoms with E-state index in [1.54, 1.807) is 0 Å². The normalized spacial score (nSPS) is 18.8. The van der Waals surface area contributed by atoms with E-state index in [1.807, 2.05) is 60.4 Å². The van der Waals surface area contributed by atoms with Crippen LogP contribution in [0.25, 0.3) is 0 Å². The number of carbonyl (C=O) groups is 2. The predicted octanol–water partition coefficient (Wildman–Crippen LogP) is 2.30. The van der Waals surface area contributed by atoms with Crippen molar-refractivity contribution in [2.24, 2.45) is 0 Å². The number of amides is 2. The maximum Gasteiger partial charge on any atom is 0.255 e. The Morgan fingerprint density at radius 3 is 2.38 bits per heavy atom. The summed E-state index contributed by atoms with van der Waals surface area (Å²) in [6, 6.07) is 17.2. The number of carbonyl (C=O) groups excluding carboxylic acids is 2. The van der Waals surface area contributed by atoms with Crippen LogP contribution in [0.15, 0.2) is 54.6 Å². The van der Waals surface area contributed by atoms with Gasteiger partial charge in [0.1, 0.15) is 0 Å². The first-order valence-electron chi connectivity index (χ1n) is 11.4. The molecule has 2 fully saturated rings. The Kier molecular flexibility index (Phi) is 7.52. The number of ether oxygens (including phenoxy) is 1. The van der Waals surface area contributed by atoms with Crippen LogP contribution >= 0.6 is 0 Å². The van der Waals surface area contributed by atoms with Crippen molar-refractivity contribution in [3.63, 3.8) is 0 Å². The Morgan fingerprint density at radius 1 is 0.938 bits per heavy atom. The van der Waals surface area contributed by atoms with Gasteiger partial charge in [-0.05, 0) is 36.8 Å². The van der Waals surface area contributed by atoms with Gasteiger partial charge in [0, 0.05) is 57.1 Å². The molecule has 2 heterocycles. The molecule has 1 N–H and O–H groups in total. The molecule has 2 aliphatic heterocycles. The van der Waals surface area contributed by atoms with Crippen LogP contribution in [0.1, 0.15) is 22.8 Å². The number of morpholine rings is 1. The van der Waals surface area contributed by atoms with Crippen LogP contribution in [-0.4, -0.2) is 85.0 Å². The van der Waals surface area contributed by atoms with E-state index in [4.69, 9.17) is 4.74 Å². The molecule has 2 saturated heterocycles. The molecule has 0 bridgehead atoms. The molecule has 0 spiro atoms. The van der Waals surface area contributed by atoms with Crippen LogP contribution < -0.4 is 5.32 Å². The van der Waals surface area contributed by atoms with Crippen LogP contribution in [0, 0.1) is 0 Å². The molecule has 0 aromatic heterocycles. The third-order valence-electron chi connectivity index (χ3n) is 6.26. The zero-order chi connectivity index (χ0) is 22.3. The summed E-state index contributed by atoms with van der Waals surface area (Å²) in [5.74, 6) is 0.109. The highest BCUT2D eigenvalue weighted by Crippen LogP contribution is 2.15. The zero-order valence-electron chi connectivity index (χ0n) is 18.7. The summed E-state index contributed by atoms with van der Waals surface area (Å²) >= 11 is 0. The molecule has 1 unspecified atom stereocenters. The summed E-state index contributed by atoms with van der Waals surface area (Å²) in [7, 11) is 0. The number of piperazine rings is 1. The highest BCUT2D eigenvalue weighted by atomic mass is 16.5. The molecule has 0 radical (unpaired) electrons. The van der Waals surface area contributed by atoms with Crippen molar-refractivity contribution in [1.82, 2.24) is 14.7 Å². The van der Waals surface area contributed by atoms with Gasteiger partial charge >= 0.3 is 0 Å². The van der Waals surface area contributed by atoms with Crippen LogP contribution in [0.4, 0.5) is 5.69 Å². The number of hydrogen-bond donors (Lipinski definition) is 1. The number of nitrogens with zero attached hydrogens (tertiary/aromatic N) is 3. The van der Waals surface area contributed by atoms with Crippen molar-refractivity contribution in [3.05, 3.63) is 65.7 Å². The molecular formula is C25H32N4O3. The molecule has 2 aliphatic rings. The third kappa shape index (κ3) is 5.73. The van der Waals surface area contributed by atoms with Crippen molar-refractivity contribution in [1.29, 1.82) is 0 Å². The molecule has 7 heteroatoms. The Morgan fingerprint density at radius 2 is 1.66 bits per heavy atom. The molecule has 7 nitrogen and oxygen atoms in total. The van der Waals surface area contributed by atoms with Gasteiger partial charge in [0.25, 0.3) is 5.91 Å². The monoisotopic (exact) mass is 436 g/mol.